The van der Waals surface area contributed by atoms with E-state index in [1.807, 2.05) is 23.1 Å². The molecule has 1 atom stereocenters. The van der Waals surface area contributed by atoms with E-state index in [1.54, 1.807) is 13.0 Å². The topological polar surface area (TPSA) is 49.8 Å². The molecule has 0 radical (unpaired) electrons. The summed E-state index contributed by atoms with van der Waals surface area (Å²) in [5.41, 5.74) is 0.717. The molecule has 19 heavy (non-hydrogen) atoms. The van der Waals surface area contributed by atoms with Crippen molar-refractivity contribution < 1.29 is 14.6 Å². The van der Waals surface area contributed by atoms with Gasteiger partial charge in [0.1, 0.15) is 5.75 Å². The minimum atomic E-state index is -0.596. The van der Waals surface area contributed by atoms with Gasteiger partial charge in [-0.15, -0.1) is 0 Å². The maximum atomic E-state index is 12.0. The standard InChI is InChI=1S/C15H21NO3/c1-12(17)13-7-3-4-8-14(13)19-11-15(18)16-9-5-2-6-10-16/h3-4,7-8,12,17H,2,5-6,9-11H2,1H3/t12-/m1/s1. The molecule has 1 N–H and O–H groups in total. The van der Waals surface area contributed by atoms with E-state index in [-0.39, 0.29) is 12.5 Å². The van der Waals surface area contributed by atoms with Gasteiger partial charge in [-0.25, -0.2) is 0 Å². The number of benzene rings is 1. The SMILES string of the molecule is C[C@@H](O)c1ccccc1OCC(=O)N1CCCCC1. The normalized spacial score (nSPS) is 17.1. The fourth-order valence-corrected chi connectivity index (χ4v) is 2.33. The van der Waals surface area contributed by atoms with E-state index in [4.69, 9.17) is 4.74 Å². The molecule has 1 aliphatic rings. The van der Waals surface area contributed by atoms with Gasteiger partial charge in [0.2, 0.25) is 0 Å². The highest BCUT2D eigenvalue weighted by Gasteiger charge is 2.17. The van der Waals surface area contributed by atoms with Gasteiger partial charge < -0.3 is 14.7 Å². The van der Waals surface area contributed by atoms with Crippen LogP contribution in [0.3, 0.4) is 0 Å². The number of nitrogens with zero attached hydrogens (tertiary/aromatic N) is 1. The summed E-state index contributed by atoms with van der Waals surface area (Å²) >= 11 is 0. The first kappa shape index (κ1) is 13.9. The van der Waals surface area contributed by atoms with Crippen molar-refractivity contribution in [2.24, 2.45) is 0 Å². The summed E-state index contributed by atoms with van der Waals surface area (Å²) in [6, 6.07) is 7.28. The molecule has 1 aromatic carbocycles. The molecular weight excluding hydrogens is 242 g/mol. The van der Waals surface area contributed by atoms with Crippen LogP contribution in [0.15, 0.2) is 24.3 Å². The molecular formula is C15H21NO3. The largest absolute Gasteiger partial charge is 0.483 e. The minimum Gasteiger partial charge on any atom is -0.483 e. The van der Waals surface area contributed by atoms with Crippen LogP contribution in [0, 0.1) is 0 Å². The van der Waals surface area contributed by atoms with E-state index in [0.717, 1.165) is 25.9 Å². The van der Waals surface area contributed by atoms with Crippen LogP contribution in [-0.4, -0.2) is 35.6 Å². The second kappa shape index (κ2) is 6.57. The minimum absolute atomic E-state index is 0.0279. The molecule has 4 nitrogen and oxygen atoms in total. The van der Waals surface area contributed by atoms with Gasteiger partial charge >= 0.3 is 0 Å². The Bertz CT molecular complexity index is 425. The van der Waals surface area contributed by atoms with Gasteiger partial charge in [-0.05, 0) is 32.3 Å². The van der Waals surface area contributed by atoms with Gasteiger partial charge in [0.15, 0.2) is 6.61 Å². The zero-order valence-corrected chi connectivity index (χ0v) is 11.3. The third kappa shape index (κ3) is 3.70. The van der Waals surface area contributed by atoms with Crippen molar-refractivity contribution in [2.45, 2.75) is 32.3 Å². The maximum Gasteiger partial charge on any atom is 0.260 e. The summed E-state index contributed by atoms with van der Waals surface area (Å²) in [6.45, 7) is 3.40. The number of rotatable bonds is 4. The third-order valence-corrected chi connectivity index (χ3v) is 3.43. The van der Waals surface area contributed by atoms with Crippen LogP contribution in [0.5, 0.6) is 5.75 Å². The number of hydrogen-bond acceptors (Lipinski definition) is 3. The average molecular weight is 263 g/mol. The van der Waals surface area contributed by atoms with Gasteiger partial charge in [-0.1, -0.05) is 18.2 Å². The van der Waals surface area contributed by atoms with Crippen molar-refractivity contribution >= 4 is 5.91 Å². The fourth-order valence-electron chi connectivity index (χ4n) is 2.33. The Morgan fingerprint density at radius 3 is 2.68 bits per heavy atom. The Balaban J connectivity index is 1.93. The Kier molecular flexibility index (Phi) is 4.80. The van der Waals surface area contributed by atoms with Crippen LogP contribution in [0.1, 0.15) is 37.9 Å². The lowest BCUT2D eigenvalue weighted by atomic mass is 10.1. The molecule has 1 heterocycles. The van der Waals surface area contributed by atoms with E-state index >= 15 is 0 Å². The predicted octanol–water partition coefficient (Wildman–Crippen LogP) is 2.13. The van der Waals surface area contributed by atoms with Crippen LogP contribution in [0.4, 0.5) is 0 Å². The number of piperidine rings is 1. The average Bonchev–Trinajstić information content (AvgIpc) is 2.46. The molecule has 0 aliphatic carbocycles. The van der Waals surface area contributed by atoms with Gasteiger partial charge in [0.25, 0.3) is 5.91 Å². The molecule has 1 aliphatic heterocycles. The van der Waals surface area contributed by atoms with Crippen molar-refractivity contribution in [1.29, 1.82) is 0 Å². The van der Waals surface area contributed by atoms with Crippen LogP contribution < -0.4 is 4.74 Å². The summed E-state index contributed by atoms with van der Waals surface area (Å²) in [5.74, 6) is 0.614. The molecule has 0 bridgehead atoms. The summed E-state index contributed by atoms with van der Waals surface area (Å²) in [5, 5.41) is 9.64. The summed E-state index contributed by atoms with van der Waals surface area (Å²) < 4.78 is 5.56. The summed E-state index contributed by atoms with van der Waals surface area (Å²) in [6.07, 6.45) is 2.77. The lowest BCUT2D eigenvalue weighted by Crippen LogP contribution is -2.38. The Morgan fingerprint density at radius 1 is 1.32 bits per heavy atom. The van der Waals surface area contributed by atoms with Gasteiger partial charge in [-0.2, -0.15) is 0 Å². The van der Waals surface area contributed by atoms with Crippen LogP contribution >= 0.6 is 0 Å². The molecule has 104 valence electrons. The number of ether oxygens (including phenoxy) is 1. The first-order valence-electron chi connectivity index (χ1n) is 6.86. The van der Waals surface area contributed by atoms with E-state index < -0.39 is 6.10 Å². The zero-order valence-electron chi connectivity index (χ0n) is 11.3. The number of aliphatic hydroxyl groups is 1. The molecule has 0 aromatic heterocycles. The quantitative estimate of drug-likeness (QED) is 0.905. The van der Waals surface area contributed by atoms with Crippen molar-refractivity contribution in [2.75, 3.05) is 19.7 Å². The highest BCUT2D eigenvalue weighted by atomic mass is 16.5. The highest BCUT2D eigenvalue weighted by Crippen LogP contribution is 2.24. The van der Waals surface area contributed by atoms with Gasteiger partial charge in [-0.3, -0.25) is 4.79 Å². The van der Waals surface area contributed by atoms with Crippen molar-refractivity contribution in [3.63, 3.8) is 0 Å². The highest BCUT2D eigenvalue weighted by molar-refractivity contribution is 5.77. The molecule has 1 fully saturated rings. The number of likely N-dealkylation sites (tertiary alicyclic amines) is 1. The van der Waals surface area contributed by atoms with Crippen molar-refractivity contribution in [3.05, 3.63) is 29.8 Å². The fraction of sp³-hybridized carbons (Fsp3) is 0.533. The van der Waals surface area contributed by atoms with Crippen LogP contribution in [0.2, 0.25) is 0 Å². The lowest BCUT2D eigenvalue weighted by molar-refractivity contribution is -0.134. The number of carbonyl (C=O) groups is 1. The molecule has 1 saturated heterocycles. The zero-order chi connectivity index (χ0) is 13.7. The summed E-state index contributed by atoms with van der Waals surface area (Å²) in [4.78, 5) is 13.8. The van der Waals surface area contributed by atoms with Gasteiger partial charge in [0, 0.05) is 18.7 Å². The smallest absolute Gasteiger partial charge is 0.260 e. The number of amides is 1. The number of aliphatic hydroxyl groups excluding tert-OH is 1. The van der Waals surface area contributed by atoms with E-state index in [9.17, 15) is 9.90 Å². The molecule has 0 unspecified atom stereocenters. The number of hydrogen-bond donors (Lipinski definition) is 1. The van der Waals surface area contributed by atoms with Gasteiger partial charge in [0.05, 0.1) is 6.10 Å². The lowest BCUT2D eigenvalue weighted by Gasteiger charge is -2.26. The Morgan fingerprint density at radius 2 is 2.00 bits per heavy atom. The predicted molar refractivity (Wildman–Crippen MR) is 73.0 cm³/mol. The molecule has 0 spiro atoms. The Labute approximate surface area is 114 Å². The first-order valence-corrected chi connectivity index (χ1v) is 6.86. The molecule has 1 amide bonds. The van der Waals surface area contributed by atoms with E-state index in [0.29, 0.717) is 11.3 Å². The van der Waals surface area contributed by atoms with E-state index in [1.165, 1.54) is 6.42 Å². The summed E-state index contributed by atoms with van der Waals surface area (Å²) in [7, 11) is 0. The molecule has 1 aromatic rings. The molecule has 2 rings (SSSR count). The van der Waals surface area contributed by atoms with Crippen LogP contribution in [0.25, 0.3) is 0 Å². The maximum absolute atomic E-state index is 12.0. The van der Waals surface area contributed by atoms with Crippen molar-refractivity contribution in [1.82, 2.24) is 4.90 Å². The van der Waals surface area contributed by atoms with Crippen LogP contribution in [-0.2, 0) is 4.79 Å². The molecule has 4 heteroatoms. The molecule has 0 saturated carbocycles. The second-order valence-corrected chi connectivity index (χ2v) is 4.94. The second-order valence-electron chi connectivity index (χ2n) is 4.94. The van der Waals surface area contributed by atoms with E-state index in [2.05, 4.69) is 0 Å². The monoisotopic (exact) mass is 263 g/mol. The first-order chi connectivity index (χ1) is 9.18. The number of carbonyl (C=O) groups excluding carboxylic acids is 1. The Hall–Kier alpha value is -1.55. The number of para-hydroxylation sites is 1. The van der Waals surface area contributed by atoms with Crippen molar-refractivity contribution in [3.8, 4) is 5.75 Å². The third-order valence-electron chi connectivity index (χ3n) is 3.43.